The van der Waals surface area contributed by atoms with Crippen molar-refractivity contribution in [1.82, 2.24) is 4.90 Å². The van der Waals surface area contributed by atoms with Crippen molar-refractivity contribution in [3.8, 4) is 0 Å². The average molecular weight is 289 g/mol. The second-order valence-corrected chi connectivity index (χ2v) is 5.95. The molecular formula is C16H23N3O2. The fourth-order valence-corrected chi connectivity index (χ4v) is 1.95. The molecule has 114 valence electrons. The van der Waals surface area contributed by atoms with Crippen LogP contribution in [0.5, 0.6) is 0 Å². The minimum atomic E-state index is -0.104. The molecule has 1 aliphatic carbocycles. The van der Waals surface area contributed by atoms with Gasteiger partial charge in [-0.15, -0.1) is 0 Å². The molecule has 0 aliphatic heterocycles. The maximum atomic E-state index is 12.1. The third kappa shape index (κ3) is 3.97. The predicted octanol–water partition coefficient (Wildman–Crippen LogP) is 3.22. The minimum absolute atomic E-state index is 0.0359. The number of amides is 3. The summed E-state index contributed by atoms with van der Waals surface area (Å²) < 4.78 is 0. The van der Waals surface area contributed by atoms with Gasteiger partial charge in [-0.05, 0) is 37.5 Å². The largest absolute Gasteiger partial charge is 0.326 e. The van der Waals surface area contributed by atoms with Crippen LogP contribution in [-0.4, -0.2) is 29.9 Å². The molecule has 0 atom stereocenters. The highest BCUT2D eigenvalue weighted by atomic mass is 16.2. The van der Waals surface area contributed by atoms with Gasteiger partial charge in [-0.25, -0.2) is 4.79 Å². The van der Waals surface area contributed by atoms with Crippen LogP contribution in [0.4, 0.5) is 16.2 Å². The summed E-state index contributed by atoms with van der Waals surface area (Å²) in [4.78, 5) is 25.6. The van der Waals surface area contributed by atoms with E-state index in [1.54, 1.807) is 11.0 Å². The fourth-order valence-electron chi connectivity index (χ4n) is 1.95. The molecule has 0 unspecified atom stereocenters. The zero-order valence-electron chi connectivity index (χ0n) is 13.1. The Hall–Kier alpha value is -2.04. The number of nitrogens with one attached hydrogen (secondary N) is 2. The van der Waals surface area contributed by atoms with Crippen LogP contribution in [-0.2, 0) is 4.79 Å². The molecule has 0 bridgehead atoms. The Labute approximate surface area is 125 Å². The summed E-state index contributed by atoms with van der Waals surface area (Å²) >= 11 is 0. The molecule has 21 heavy (non-hydrogen) atoms. The van der Waals surface area contributed by atoms with E-state index in [1.807, 2.05) is 40.0 Å². The lowest BCUT2D eigenvalue weighted by Gasteiger charge is -2.19. The van der Waals surface area contributed by atoms with Gasteiger partial charge in [0.25, 0.3) is 0 Å². The van der Waals surface area contributed by atoms with E-state index in [1.165, 1.54) is 0 Å². The molecule has 1 aromatic rings. The first-order valence-electron chi connectivity index (χ1n) is 7.34. The van der Waals surface area contributed by atoms with E-state index in [9.17, 15) is 9.59 Å². The van der Waals surface area contributed by atoms with E-state index in [2.05, 4.69) is 10.6 Å². The van der Waals surface area contributed by atoms with Crippen LogP contribution in [0.15, 0.2) is 18.2 Å². The van der Waals surface area contributed by atoms with E-state index in [-0.39, 0.29) is 17.9 Å². The van der Waals surface area contributed by atoms with Gasteiger partial charge in [0.2, 0.25) is 5.91 Å². The van der Waals surface area contributed by atoms with E-state index >= 15 is 0 Å². The Bertz CT molecular complexity index is 550. The Kier molecular flexibility index (Phi) is 4.50. The maximum Gasteiger partial charge on any atom is 0.321 e. The Morgan fingerprint density at radius 1 is 1.24 bits per heavy atom. The number of urea groups is 1. The molecular weight excluding hydrogens is 266 g/mol. The summed E-state index contributed by atoms with van der Waals surface area (Å²) in [5.41, 5.74) is 2.40. The monoisotopic (exact) mass is 289 g/mol. The maximum absolute atomic E-state index is 12.1. The molecule has 0 heterocycles. The summed E-state index contributed by atoms with van der Waals surface area (Å²) in [6.45, 7) is 5.62. The zero-order chi connectivity index (χ0) is 15.6. The summed E-state index contributed by atoms with van der Waals surface area (Å²) in [5.74, 6) is -0.114. The summed E-state index contributed by atoms with van der Waals surface area (Å²) in [5, 5.41) is 5.75. The summed E-state index contributed by atoms with van der Waals surface area (Å²) in [7, 11) is 1.81. The fraction of sp³-hybridized carbons (Fsp3) is 0.500. The predicted molar refractivity (Wildman–Crippen MR) is 84.5 cm³/mol. The summed E-state index contributed by atoms with van der Waals surface area (Å²) in [6.07, 6.45) is 2.15. The van der Waals surface area contributed by atoms with Crippen LogP contribution >= 0.6 is 0 Å². The highest BCUT2D eigenvalue weighted by Gasteiger charge is 2.29. The molecule has 2 rings (SSSR count). The van der Waals surface area contributed by atoms with Gasteiger partial charge in [0, 0.05) is 30.4 Å². The average Bonchev–Trinajstić information content (AvgIpc) is 3.25. The molecule has 1 fully saturated rings. The number of aryl methyl sites for hydroxylation is 1. The van der Waals surface area contributed by atoms with Crippen molar-refractivity contribution in [2.75, 3.05) is 17.7 Å². The van der Waals surface area contributed by atoms with Crippen molar-refractivity contribution in [3.05, 3.63) is 23.8 Å². The third-order valence-corrected chi connectivity index (χ3v) is 3.69. The van der Waals surface area contributed by atoms with Gasteiger partial charge in [-0.3, -0.25) is 4.79 Å². The molecule has 5 heteroatoms. The number of carbonyl (C=O) groups is 2. The number of carbonyl (C=O) groups excluding carboxylic acids is 2. The molecule has 1 saturated carbocycles. The lowest BCUT2D eigenvalue weighted by Crippen LogP contribution is -2.33. The number of hydrogen-bond donors (Lipinski definition) is 2. The molecule has 5 nitrogen and oxygen atoms in total. The second kappa shape index (κ2) is 6.16. The van der Waals surface area contributed by atoms with Crippen LogP contribution in [0.1, 0.15) is 32.3 Å². The van der Waals surface area contributed by atoms with Crippen LogP contribution in [0.2, 0.25) is 0 Å². The van der Waals surface area contributed by atoms with E-state index in [0.717, 1.165) is 24.1 Å². The van der Waals surface area contributed by atoms with Crippen LogP contribution < -0.4 is 10.6 Å². The van der Waals surface area contributed by atoms with E-state index in [4.69, 9.17) is 0 Å². The summed E-state index contributed by atoms with van der Waals surface area (Å²) in [6, 6.07) is 5.80. The van der Waals surface area contributed by atoms with Gasteiger partial charge in [0.1, 0.15) is 0 Å². The van der Waals surface area contributed by atoms with Crippen LogP contribution in [0.3, 0.4) is 0 Å². The van der Waals surface area contributed by atoms with Crippen molar-refractivity contribution < 1.29 is 9.59 Å². The van der Waals surface area contributed by atoms with Crippen molar-refractivity contribution in [2.45, 2.75) is 39.7 Å². The molecule has 0 saturated heterocycles. The van der Waals surface area contributed by atoms with Gasteiger partial charge in [0.05, 0.1) is 0 Å². The minimum Gasteiger partial charge on any atom is -0.326 e. The molecule has 0 aromatic heterocycles. The number of benzene rings is 1. The molecule has 2 N–H and O–H groups in total. The van der Waals surface area contributed by atoms with Gasteiger partial charge in [0.15, 0.2) is 0 Å². The van der Waals surface area contributed by atoms with E-state index in [0.29, 0.717) is 11.7 Å². The Balaban J connectivity index is 2.07. The molecule has 1 aromatic carbocycles. The SMILES string of the molecule is Cc1ccc(NC(=O)C(C)C)cc1NC(=O)N(C)C1CC1. The highest BCUT2D eigenvalue weighted by Crippen LogP contribution is 2.27. The number of anilines is 2. The first kappa shape index (κ1) is 15.4. The second-order valence-electron chi connectivity index (χ2n) is 5.95. The van der Waals surface area contributed by atoms with Crippen molar-refractivity contribution in [2.24, 2.45) is 5.92 Å². The van der Waals surface area contributed by atoms with Crippen molar-refractivity contribution >= 4 is 23.3 Å². The highest BCUT2D eigenvalue weighted by molar-refractivity contribution is 5.94. The smallest absolute Gasteiger partial charge is 0.321 e. The molecule has 0 spiro atoms. The number of rotatable bonds is 4. The lowest BCUT2D eigenvalue weighted by molar-refractivity contribution is -0.118. The molecule has 1 aliphatic rings. The Morgan fingerprint density at radius 3 is 2.48 bits per heavy atom. The van der Waals surface area contributed by atoms with Crippen molar-refractivity contribution in [3.63, 3.8) is 0 Å². The Morgan fingerprint density at radius 2 is 1.90 bits per heavy atom. The first-order chi connectivity index (χ1) is 9.88. The van der Waals surface area contributed by atoms with Crippen LogP contribution in [0, 0.1) is 12.8 Å². The van der Waals surface area contributed by atoms with Crippen LogP contribution in [0.25, 0.3) is 0 Å². The topological polar surface area (TPSA) is 61.4 Å². The standard InChI is InChI=1S/C16H23N3O2/c1-10(2)15(20)17-12-6-5-11(3)14(9-12)18-16(21)19(4)13-7-8-13/h5-6,9-10,13H,7-8H2,1-4H3,(H,17,20)(H,18,21). The zero-order valence-corrected chi connectivity index (χ0v) is 13.1. The van der Waals surface area contributed by atoms with Gasteiger partial charge in [-0.2, -0.15) is 0 Å². The first-order valence-corrected chi connectivity index (χ1v) is 7.34. The van der Waals surface area contributed by atoms with Gasteiger partial charge in [-0.1, -0.05) is 19.9 Å². The number of nitrogens with zero attached hydrogens (tertiary/aromatic N) is 1. The molecule has 0 radical (unpaired) electrons. The lowest BCUT2D eigenvalue weighted by atomic mass is 10.1. The molecule has 3 amide bonds. The third-order valence-electron chi connectivity index (χ3n) is 3.69. The quantitative estimate of drug-likeness (QED) is 0.894. The van der Waals surface area contributed by atoms with Gasteiger partial charge < -0.3 is 15.5 Å². The van der Waals surface area contributed by atoms with Crippen molar-refractivity contribution in [1.29, 1.82) is 0 Å². The van der Waals surface area contributed by atoms with Gasteiger partial charge >= 0.3 is 6.03 Å². The normalized spacial score (nSPS) is 14.0. The number of hydrogen-bond acceptors (Lipinski definition) is 2. The van der Waals surface area contributed by atoms with E-state index < -0.39 is 0 Å².